The molecule has 0 bridgehead atoms. The molecular formula is C22H23N3O4S. The van der Waals surface area contributed by atoms with Crippen LogP contribution in [-0.2, 0) is 9.84 Å². The number of hydrogen-bond acceptors (Lipinski definition) is 6. The van der Waals surface area contributed by atoms with E-state index >= 15 is 0 Å². The van der Waals surface area contributed by atoms with Crippen LogP contribution in [0.4, 0.5) is 0 Å². The zero-order valence-electron chi connectivity index (χ0n) is 16.5. The fourth-order valence-corrected chi connectivity index (χ4v) is 6.19. The molecule has 0 N–H and O–H groups in total. The van der Waals surface area contributed by atoms with E-state index < -0.39 is 9.84 Å². The zero-order valence-corrected chi connectivity index (χ0v) is 17.3. The number of pyridine rings is 1. The van der Waals surface area contributed by atoms with Crippen molar-refractivity contribution in [2.24, 2.45) is 0 Å². The Balaban J connectivity index is 1.39. The highest BCUT2D eigenvalue weighted by Crippen LogP contribution is 2.27. The Morgan fingerprint density at radius 1 is 1.07 bits per heavy atom. The second-order valence-electron chi connectivity index (χ2n) is 7.93. The van der Waals surface area contributed by atoms with E-state index in [0.29, 0.717) is 49.6 Å². The number of carbonyl (C=O) groups is 1. The summed E-state index contributed by atoms with van der Waals surface area (Å²) in [6.45, 7) is 2.56. The number of piperazine rings is 1. The van der Waals surface area contributed by atoms with Crippen LogP contribution in [0, 0.1) is 0 Å². The van der Waals surface area contributed by atoms with Crippen molar-refractivity contribution in [3.05, 3.63) is 54.3 Å². The Hall–Kier alpha value is -2.71. The average molecular weight is 426 g/mol. The summed E-state index contributed by atoms with van der Waals surface area (Å²) >= 11 is 0. The Bertz CT molecular complexity index is 1180. The van der Waals surface area contributed by atoms with Crippen molar-refractivity contribution < 1.29 is 17.6 Å². The van der Waals surface area contributed by atoms with Gasteiger partial charge >= 0.3 is 0 Å². The minimum Gasteiger partial charge on any atom is -0.463 e. The number of sulfone groups is 1. The second-order valence-corrected chi connectivity index (χ2v) is 10.2. The maximum atomic E-state index is 13.4. The largest absolute Gasteiger partial charge is 0.463 e. The van der Waals surface area contributed by atoms with Crippen molar-refractivity contribution in [2.75, 3.05) is 37.7 Å². The second kappa shape index (κ2) is 7.52. The first kappa shape index (κ1) is 19.3. The molecule has 0 saturated carbocycles. The topological polar surface area (TPSA) is 83.7 Å². The van der Waals surface area contributed by atoms with Gasteiger partial charge < -0.3 is 9.32 Å². The molecule has 2 saturated heterocycles. The molecule has 1 amide bonds. The first-order chi connectivity index (χ1) is 14.5. The Morgan fingerprint density at radius 2 is 1.87 bits per heavy atom. The standard InChI is InChI=1S/C22H23N3O4S/c26-22(25-10-8-24(9-11-25)16-7-13-30(27,28)15-16)18-14-20(21-6-3-12-29-21)23-19-5-2-1-4-17(18)19/h1-6,12,14,16H,7-11,13,15H2/t16-/m1/s1. The molecule has 7 nitrogen and oxygen atoms in total. The molecule has 0 aliphatic carbocycles. The summed E-state index contributed by atoms with van der Waals surface area (Å²) in [6.07, 6.45) is 2.29. The Labute approximate surface area is 175 Å². The van der Waals surface area contributed by atoms with E-state index in [1.165, 1.54) is 0 Å². The van der Waals surface area contributed by atoms with E-state index in [1.807, 2.05) is 35.2 Å². The maximum Gasteiger partial charge on any atom is 0.254 e. The molecule has 0 unspecified atom stereocenters. The van der Waals surface area contributed by atoms with Crippen molar-refractivity contribution >= 4 is 26.6 Å². The van der Waals surface area contributed by atoms with Crippen LogP contribution in [0.3, 0.4) is 0 Å². The zero-order chi connectivity index (χ0) is 20.7. The van der Waals surface area contributed by atoms with Gasteiger partial charge in [-0.15, -0.1) is 0 Å². The molecular weight excluding hydrogens is 402 g/mol. The quantitative estimate of drug-likeness (QED) is 0.641. The normalized spacial score (nSPS) is 21.9. The van der Waals surface area contributed by atoms with Gasteiger partial charge in [0.25, 0.3) is 5.91 Å². The summed E-state index contributed by atoms with van der Waals surface area (Å²) in [5.41, 5.74) is 2.00. The number of nitrogens with zero attached hydrogens (tertiary/aromatic N) is 3. The lowest BCUT2D eigenvalue weighted by atomic mass is 10.0. The van der Waals surface area contributed by atoms with Crippen LogP contribution < -0.4 is 0 Å². The fraction of sp³-hybridized carbons (Fsp3) is 0.364. The minimum atomic E-state index is -2.91. The van der Waals surface area contributed by atoms with Gasteiger partial charge in [0.2, 0.25) is 0 Å². The summed E-state index contributed by atoms with van der Waals surface area (Å²) in [6, 6.07) is 13.2. The molecule has 5 rings (SSSR count). The van der Waals surface area contributed by atoms with E-state index in [-0.39, 0.29) is 23.5 Å². The van der Waals surface area contributed by atoms with Crippen molar-refractivity contribution in [1.82, 2.24) is 14.8 Å². The van der Waals surface area contributed by atoms with Crippen molar-refractivity contribution in [1.29, 1.82) is 0 Å². The summed E-state index contributed by atoms with van der Waals surface area (Å²) in [4.78, 5) is 22.1. The van der Waals surface area contributed by atoms with Crippen LogP contribution in [0.15, 0.2) is 53.1 Å². The van der Waals surface area contributed by atoms with E-state index in [9.17, 15) is 13.2 Å². The third-order valence-electron chi connectivity index (χ3n) is 6.05. The van der Waals surface area contributed by atoms with Gasteiger partial charge in [-0.25, -0.2) is 13.4 Å². The van der Waals surface area contributed by atoms with Gasteiger partial charge in [-0.05, 0) is 30.7 Å². The molecule has 8 heteroatoms. The number of fused-ring (bicyclic) bond motifs is 1. The van der Waals surface area contributed by atoms with Gasteiger partial charge in [0.1, 0.15) is 5.69 Å². The van der Waals surface area contributed by atoms with Crippen molar-refractivity contribution in [3.63, 3.8) is 0 Å². The average Bonchev–Trinajstić information content (AvgIpc) is 3.42. The Kier molecular flexibility index (Phi) is 4.83. The molecule has 2 fully saturated rings. The van der Waals surface area contributed by atoms with Crippen LogP contribution in [-0.4, -0.2) is 72.8 Å². The molecule has 0 radical (unpaired) electrons. The Morgan fingerprint density at radius 3 is 2.57 bits per heavy atom. The first-order valence-electron chi connectivity index (χ1n) is 10.2. The van der Waals surface area contributed by atoms with Crippen LogP contribution in [0.5, 0.6) is 0 Å². The van der Waals surface area contributed by atoms with Gasteiger partial charge in [0.15, 0.2) is 15.6 Å². The van der Waals surface area contributed by atoms with E-state index in [2.05, 4.69) is 9.88 Å². The number of amides is 1. The molecule has 156 valence electrons. The van der Waals surface area contributed by atoms with Crippen molar-refractivity contribution in [3.8, 4) is 11.5 Å². The highest BCUT2D eigenvalue weighted by Gasteiger charge is 2.34. The summed E-state index contributed by atoms with van der Waals surface area (Å²) in [5.74, 6) is 1.11. The van der Waals surface area contributed by atoms with E-state index in [0.717, 1.165) is 10.9 Å². The number of para-hydroxylation sites is 1. The monoisotopic (exact) mass is 425 g/mol. The smallest absolute Gasteiger partial charge is 0.254 e. The van der Waals surface area contributed by atoms with Crippen LogP contribution in [0.2, 0.25) is 0 Å². The van der Waals surface area contributed by atoms with Gasteiger partial charge in [-0.2, -0.15) is 0 Å². The number of hydrogen-bond donors (Lipinski definition) is 0. The number of carbonyl (C=O) groups excluding carboxylic acids is 1. The number of benzene rings is 1. The molecule has 2 aromatic heterocycles. The first-order valence-corrected chi connectivity index (χ1v) is 12.0. The van der Waals surface area contributed by atoms with Crippen LogP contribution in [0.25, 0.3) is 22.4 Å². The summed E-state index contributed by atoms with van der Waals surface area (Å²) in [7, 11) is -2.91. The van der Waals surface area contributed by atoms with Gasteiger partial charge in [0, 0.05) is 37.6 Å². The van der Waals surface area contributed by atoms with Crippen molar-refractivity contribution in [2.45, 2.75) is 12.5 Å². The lowest BCUT2D eigenvalue weighted by molar-refractivity contribution is 0.0589. The lowest BCUT2D eigenvalue weighted by Crippen LogP contribution is -2.52. The molecule has 1 aromatic carbocycles. The maximum absolute atomic E-state index is 13.4. The minimum absolute atomic E-state index is 0.0277. The molecule has 2 aliphatic heterocycles. The number of furan rings is 1. The molecule has 3 aromatic rings. The molecule has 0 spiro atoms. The highest BCUT2D eigenvalue weighted by atomic mass is 32.2. The van der Waals surface area contributed by atoms with Crippen LogP contribution >= 0.6 is 0 Å². The third kappa shape index (κ3) is 3.61. The van der Waals surface area contributed by atoms with Gasteiger partial charge in [-0.1, -0.05) is 18.2 Å². The fourth-order valence-electron chi connectivity index (χ4n) is 4.43. The molecule has 30 heavy (non-hydrogen) atoms. The SMILES string of the molecule is O=C(c1cc(-c2ccco2)nc2ccccc12)N1CCN([C@@H]2CCS(=O)(=O)C2)CC1. The molecule has 2 aliphatic rings. The van der Waals surface area contributed by atoms with E-state index in [1.54, 1.807) is 18.4 Å². The van der Waals surface area contributed by atoms with Gasteiger partial charge in [-0.3, -0.25) is 9.69 Å². The predicted molar refractivity (Wildman–Crippen MR) is 114 cm³/mol. The predicted octanol–water partition coefficient (Wildman–Crippen LogP) is 2.44. The van der Waals surface area contributed by atoms with E-state index in [4.69, 9.17) is 4.42 Å². The van der Waals surface area contributed by atoms with Gasteiger partial charge in [0.05, 0.1) is 28.8 Å². The highest BCUT2D eigenvalue weighted by molar-refractivity contribution is 7.91. The molecule has 1 atom stereocenters. The third-order valence-corrected chi connectivity index (χ3v) is 7.80. The number of rotatable bonds is 3. The summed E-state index contributed by atoms with van der Waals surface area (Å²) < 4.78 is 29.1. The number of aromatic nitrogens is 1. The molecule has 4 heterocycles. The summed E-state index contributed by atoms with van der Waals surface area (Å²) in [5, 5.41) is 0.821. The lowest BCUT2D eigenvalue weighted by Gasteiger charge is -2.37. The van der Waals surface area contributed by atoms with Crippen LogP contribution in [0.1, 0.15) is 16.8 Å².